The van der Waals surface area contributed by atoms with Crippen LogP contribution in [0.3, 0.4) is 0 Å². The van der Waals surface area contributed by atoms with Gasteiger partial charge in [-0.2, -0.15) is 4.98 Å². The Labute approximate surface area is 170 Å². The zero-order chi connectivity index (χ0) is 19.8. The lowest BCUT2D eigenvalue weighted by molar-refractivity contribution is 0.00609. The second-order valence-corrected chi connectivity index (χ2v) is 9.60. The molecule has 1 saturated heterocycles. The van der Waals surface area contributed by atoms with E-state index in [9.17, 15) is 5.11 Å². The summed E-state index contributed by atoms with van der Waals surface area (Å²) in [5.74, 6) is 1.34. The highest BCUT2D eigenvalue weighted by Gasteiger charge is 2.38. The highest BCUT2D eigenvalue weighted by Crippen LogP contribution is 2.39. The van der Waals surface area contributed by atoms with Gasteiger partial charge in [-0.25, -0.2) is 0 Å². The van der Waals surface area contributed by atoms with Crippen LogP contribution < -0.4 is 4.90 Å². The summed E-state index contributed by atoms with van der Waals surface area (Å²) in [6, 6.07) is 8.93. The van der Waals surface area contributed by atoms with E-state index in [0.29, 0.717) is 17.9 Å². The Morgan fingerprint density at radius 2 is 1.74 bits per heavy atom. The van der Waals surface area contributed by atoms with Crippen LogP contribution in [0.4, 0.5) is 6.01 Å². The summed E-state index contributed by atoms with van der Waals surface area (Å²) in [5.41, 5.74) is 0.214. The fourth-order valence-electron chi connectivity index (χ4n) is 3.85. The molecule has 1 aliphatic heterocycles. The van der Waals surface area contributed by atoms with Crippen LogP contribution in [0.5, 0.6) is 0 Å². The van der Waals surface area contributed by atoms with Crippen LogP contribution in [0.15, 0.2) is 33.3 Å². The molecule has 1 aliphatic rings. The van der Waals surface area contributed by atoms with Gasteiger partial charge in [0.2, 0.25) is 0 Å². The van der Waals surface area contributed by atoms with Gasteiger partial charge < -0.3 is 14.5 Å². The van der Waals surface area contributed by atoms with Gasteiger partial charge >= 0.3 is 6.01 Å². The molecule has 27 heavy (non-hydrogen) atoms. The highest BCUT2D eigenvalue weighted by atomic mass is 79.9. The number of anilines is 1. The summed E-state index contributed by atoms with van der Waals surface area (Å²) in [6.07, 6.45) is 1.85. The summed E-state index contributed by atoms with van der Waals surface area (Å²) in [4.78, 5) is 6.93. The number of piperidine rings is 1. The Balaban J connectivity index is 1.82. The molecule has 2 aromatic rings. The molecule has 0 saturated carbocycles. The molecule has 1 N–H and O–H groups in total. The van der Waals surface area contributed by atoms with Gasteiger partial charge in [-0.1, -0.05) is 47.1 Å². The van der Waals surface area contributed by atoms with E-state index in [-0.39, 0.29) is 5.41 Å². The molecule has 1 unspecified atom stereocenters. The maximum atomic E-state index is 10.2. The molecule has 0 amide bonds. The number of aliphatic hydroxyl groups is 1. The third kappa shape index (κ3) is 4.06. The van der Waals surface area contributed by atoms with E-state index in [4.69, 9.17) is 9.51 Å². The predicted molar refractivity (Wildman–Crippen MR) is 111 cm³/mol. The highest BCUT2D eigenvalue weighted by molar-refractivity contribution is 9.10. The maximum absolute atomic E-state index is 10.2. The molecule has 5 nitrogen and oxygen atoms in total. The van der Waals surface area contributed by atoms with E-state index < -0.39 is 5.60 Å². The van der Waals surface area contributed by atoms with E-state index in [1.54, 1.807) is 0 Å². The molecule has 1 fully saturated rings. The van der Waals surface area contributed by atoms with Gasteiger partial charge in [-0.05, 0) is 63.1 Å². The fourth-order valence-corrected chi connectivity index (χ4v) is 4.11. The molecule has 0 bridgehead atoms. The van der Waals surface area contributed by atoms with Crippen molar-refractivity contribution < 1.29 is 9.63 Å². The van der Waals surface area contributed by atoms with Crippen molar-refractivity contribution in [2.75, 3.05) is 18.0 Å². The molecule has 3 rings (SSSR count). The Morgan fingerprint density at radius 3 is 2.26 bits per heavy atom. The molecule has 1 atom stereocenters. The lowest BCUT2D eigenvalue weighted by atomic mass is 9.73. The number of hydrogen-bond acceptors (Lipinski definition) is 5. The van der Waals surface area contributed by atoms with Crippen molar-refractivity contribution >= 4 is 21.9 Å². The first-order chi connectivity index (χ1) is 12.6. The van der Waals surface area contributed by atoms with Crippen LogP contribution in [0, 0.1) is 11.8 Å². The SMILES string of the molecule is CC(C)C(C)(c1ccc(Br)cc1)c1noc(N2CCC(C(C)(C)O)CC2)n1. The average Bonchev–Trinajstić information content (AvgIpc) is 3.11. The molecule has 1 aromatic carbocycles. The summed E-state index contributed by atoms with van der Waals surface area (Å²) in [7, 11) is 0. The molecule has 0 radical (unpaired) electrons. The maximum Gasteiger partial charge on any atom is 0.324 e. The van der Waals surface area contributed by atoms with E-state index in [1.165, 1.54) is 5.56 Å². The first-order valence-electron chi connectivity index (χ1n) is 9.70. The van der Waals surface area contributed by atoms with Gasteiger partial charge in [0.25, 0.3) is 0 Å². The van der Waals surface area contributed by atoms with Gasteiger partial charge in [-0.3, -0.25) is 0 Å². The van der Waals surface area contributed by atoms with Crippen molar-refractivity contribution in [3.63, 3.8) is 0 Å². The summed E-state index contributed by atoms with van der Waals surface area (Å²) in [6.45, 7) is 12.0. The van der Waals surface area contributed by atoms with Crippen LogP contribution in [-0.4, -0.2) is 33.9 Å². The first kappa shape index (κ1) is 20.3. The number of halogens is 1. The van der Waals surface area contributed by atoms with Gasteiger partial charge in [0, 0.05) is 17.6 Å². The minimum Gasteiger partial charge on any atom is -0.390 e. The molecular weight excluding hydrogens is 406 g/mol. The largest absolute Gasteiger partial charge is 0.390 e. The van der Waals surface area contributed by atoms with Gasteiger partial charge in [0.1, 0.15) is 0 Å². The van der Waals surface area contributed by atoms with E-state index in [0.717, 1.165) is 36.2 Å². The average molecular weight is 436 g/mol. The summed E-state index contributed by atoms with van der Waals surface area (Å²) < 4.78 is 6.72. The number of hydrogen-bond donors (Lipinski definition) is 1. The first-order valence-corrected chi connectivity index (χ1v) is 10.5. The smallest absolute Gasteiger partial charge is 0.324 e. The van der Waals surface area contributed by atoms with Crippen LogP contribution >= 0.6 is 15.9 Å². The summed E-state index contributed by atoms with van der Waals surface area (Å²) in [5, 5.41) is 14.6. The number of benzene rings is 1. The standard InChI is InChI=1S/C21H30BrN3O2/c1-14(2)21(5,16-6-8-17(22)9-7-16)18-23-19(27-24-18)25-12-10-15(11-13-25)20(3,4)26/h6-9,14-15,26H,10-13H2,1-5H3. The topological polar surface area (TPSA) is 62.4 Å². The second-order valence-electron chi connectivity index (χ2n) is 8.68. The van der Waals surface area contributed by atoms with Gasteiger partial charge in [-0.15, -0.1) is 0 Å². The van der Waals surface area contributed by atoms with Crippen LogP contribution in [0.25, 0.3) is 0 Å². The number of rotatable bonds is 5. The zero-order valence-corrected chi connectivity index (χ0v) is 18.5. The monoisotopic (exact) mass is 435 g/mol. The van der Waals surface area contributed by atoms with Crippen LogP contribution in [-0.2, 0) is 5.41 Å². The lowest BCUT2D eigenvalue weighted by Gasteiger charge is -2.37. The summed E-state index contributed by atoms with van der Waals surface area (Å²) >= 11 is 3.51. The Bertz CT molecular complexity index is 758. The quantitative estimate of drug-likeness (QED) is 0.731. The van der Waals surface area contributed by atoms with E-state index in [1.807, 2.05) is 13.8 Å². The third-order valence-corrected chi connectivity index (χ3v) is 6.77. The van der Waals surface area contributed by atoms with Gasteiger partial charge in [0.15, 0.2) is 5.82 Å². The van der Waals surface area contributed by atoms with Crippen molar-refractivity contribution in [2.45, 2.75) is 58.5 Å². The molecule has 0 spiro atoms. The Morgan fingerprint density at radius 1 is 1.15 bits per heavy atom. The van der Waals surface area contributed by atoms with Gasteiger partial charge in [0.05, 0.1) is 11.0 Å². The van der Waals surface area contributed by atoms with Crippen molar-refractivity contribution in [2.24, 2.45) is 11.8 Å². The normalized spacial score (nSPS) is 18.7. The van der Waals surface area contributed by atoms with E-state index in [2.05, 4.69) is 71.0 Å². The molecule has 2 heterocycles. The van der Waals surface area contributed by atoms with Crippen LogP contribution in [0.1, 0.15) is 58.8 Å². The second kappa shape index (κ2) is 7.55. The minimum atomic E-state index is -0.635. The lowest BCUT2D eigenvalue weighted by Crippen LogP contribution is -2.42. The molecule has 0 aliphatic carbocycles. The van der Waals surface area contributed by atoms with Crippen molar-refractivity contribution in [1.82, 2.24) is 10.1 Å². The van der Waals surface area contributed by atoms with E-state index >= 15 is 0 Å². The van der Waals surface area contributed by atoms with Crippen molar-refractivity contribution in [1.29, 1.82) is 0 Å². The van der Waals surface area contributed by atoms with Crippen molar-refractivity contribution in [3.05, 3.63) is 40.1 Å². The Hall–Kier alpha value is -1.40. The van der Waals surface area contributed by atoms with Crippen molar-refractivity contribution in [3.8, 4) is 0 Å². The molecule has 148 valence electrons. The number of aromatic nitrogens is 2. The fraction of sp³-hybridized carbons (Fsp3) is 0.619. The number of nitrogens with zero attached hydrogens (tertiary/aromatic N) is 3. The zero-order valence-electron chi connectivity index (χ0n) is 16.9. The predicted octanol–water partition coefficient (Wildman–Crippen LogP) is 4.78. The third-order valence-electron chi connectivity index (χ3n) is 6.24. The minimum absolute atomic E-state index is 0.305. The Kier molecular flexibility index (Phi) is 5.69. The van der Waals surface area contributed by atoms with Crippen LogP contribution in [0.2, 0.25) is 0 Å². The molecular formula is C21H30BrN3O2. The molecule has 6 heteroatoms. The molecule has 1 aromatic heterocycles.